The minimum atomic E-state index is -3.57. The summed E-state index contributed by atoms with van der Waals surface area (Å²) in [5, 5.41) is 2.69. The van der Waals surface area contributed by atoms with E-state index in [-0.39, 0.29) is 23.9 Å². The number of sulfonamides is 1. The van der Waals surface area contributed by atoms with Crippen molar-refractivity contribution in [3.63, 3.8) is 0 Å². The predicted molar refractivity (Wildman–Crippen MR) is 99.1 cm³/mol. The monoisotopic (exact) mass is 360 g/mol. The molecule has 5 nitrogen and oxygen atoms in total. The van der Waals surface area contributed by atoms with Gasteiger partial charge in [0.2, 0.25) is 10.0 Å². The van der Waals surface area contributed by atoms with Crippen LogP contribution in [0.4, 0.5) is 0 Å². The predicted octanol–water partition coefficient (Wildman–Crippen LogP) is 2.91. The second-order valence-electron chi connectivity index (χ2n) is 5.90. The lowest BCUT2D eigenvalue weighted by Crippen LogP contribution is -2.34. The van der Waals surface area contributed by atoms with Gasteiger partial charge in [0.15, 0.2) is 0 Å². The van der Waals surface area contributed by atoms with E-state index in [1.165, 1.54) is 0 Å². The smallest absolute Gasteiger partial charge is 0.251 e. The molecule has 0 heterocycles. The molecule has 0 aliphatic carbocycles. The highest BCUT2D eigenvalue weighted by Crippen LogP contribution is 2.20. The largest absolute Gasteiger partial charge is 0.351 e. The van der Waals surface area contributed by atoms with Crippen LogP contribution in [0.1, 0.15) is 42.1 Å². The maximum absolute atomic E-state index is 12.3. The van der Waals surface area contributed by atoms with Crippen molar-refractivity contribution in [2.45, 2.75) is 31.1 Å². The lowest BCUT2D eigenvalue weighted by Gasteiger charge is -2.11. The molecule has 134 valence electrons. The van der Waals surface area contributed by atoms with Crippen molar-refractivity contribution in [1.82, 2.24) is 10.0 Å². The molecule has 6 heteroatoms. The minimum absolute atomic E-state index is 0.133. The molecule has 0 bridgehead atoms. The molecule has 1 amide bonds. The van der Waals surface area contributed by atoms with Crippen LogP contribution in [-0.4, -0.2) is 27.4 Å². The summed E-state index contributed by atoms with van der Waals surface area (Å²) in [5.74, 6) is 0.176. The number of carbonyl (C=O) groups is 1. The van der Waals surface area contributed by atoms with E-state index in [0.29, 0.717) is 11.5 Å². The molecule has 2 rings (SSSR count). The molecule has 0 fully saturated rings. The van der Waals surface area contributed by atoms with Crippen LogP contribution < -0.4 is 10.0 Å². The molecule has 1 atom stereocenters. The summed E-state index contributed by atoms with van der Waals surface area (Å²) >= 11 is 0. The Balaban J connectivity index is 1.86. The van der Waals surface area contributed by atoms with Gasteiger partial charge < -0.3 is 5.32 Å². The molecule has 0 aromatic heterocycles. The molecule has 0 spiro atoms. The molecule has 0 aliphatic rings. The van der Waals surface area contributed by atoms with Gasteiger partial charge in [-0.3, -0.25) is 4.79 Å². The van der Waals surface area contributed by atoms with E-state index in [1.807, 2.05) is 18.2 Å². The minimum Gasteiger partial charge on any atom is -0.351 e. The Hall–Kier alpha value is -2.18. The van der Waals surface area contributed by atoms with Gasteiger partial charge in [0.05, 0.1) is 4.90 Å². The lowest BCUT2D eigenvalue weighted by molar-refractivity contribution is 0.0954. The van der Waals surface area contributed by atoms with E-state index < -0.39 is 10.0 Å². The van der Waals surface area contributed by atoms with Gasteiger partial charge in [-0.1, -0.05) is 44.2 Å². The van der Waals surface area contributed by atoms with E-state index >= 15 is 0 Å². The maximum atomic E-state index is 12.3. The summed E-state index contributed by atoms with van der Waals surface area (Å²) in [4.78, 5) is 12.1. The number of nitrogens with one attached hydrogen (secondary N) is 2. The van der Waals surface area contributed by atoms with Gasteiger partial charge in [-0.05, 0) is 42.2 Å². The highest BCUT2D eigenvalue weighted by atomic mass is 32.2. The fourth-order valence-corrected chi connectivity index (χ4v) is 3.38. The van der Waals surface area contributed by atoms with E-state index in [1.54, 1.807) is 36.4 Å². The van der Waals surface area contributed by atoms with Crippen molar-refractivity contribution in [2.24, 2.45) is 0 Å². The van der Waals surface area contributed by atoms with E-state index in [2.05, 4.69) is 23.9 Å². The van der Waals surface area contributed by atoms with Crippen LogP contribution in [0.15, 0.2) is 59.5 Å². The average Bonchev–Trinajstić information content (AvgIpc) is 2.65. The number of carbonyl (C=O) groups excluding carboxylic acids is 1. The first kappa shape index (κ1) is 19.1. The van der Waals surface area contributed by atoms with E-state index in [9.17, 15) is 13.2 Å². The third-order valence-corrected chi connectivity index (χ3v) is 5.59. The van der Waals surface area contributed by atoms with E-state index in [4.69, 9.17) is 0 Å². The molecule has 2 N–H and O–H groups in total. The van der Waals surface area contributed by atoms with Crippen LogP contribution >= 0.6 is 0 Å². The number of amides is 1. The third kappa shape index (κ3) is 5.41. The van der Waals surface area contributed by atoms with Crippen LogP contribution in [0.25, 0.3) is 0 Å². The Labute approximate surface area is 149 Å². The third-order valence-electron chi connectivity index (χ3n) is 4.11. The summed E-state index contributed by atoms with van der Waals surface area (Å²) in [7, 11) is -3.57. The zero-order chi connectivity index (χ0) is 18.3. The second-order valence-corrected chi connectivity index (χ2v) is 7.66. The Kier molecular flexibility index (Phi) is 6.73. The van der Waals surface area contributed by atoms with Crippen LogP contribution in [0.3, 0.4) is 0 Å². The maximum Gasteiger partial charge on any atom is 0.251 e. The highest BCUT2D eigenvalue weighted by molar-refractivity contribution is 7.89. The second kappa shape index (κ2) is 8.78. The normalized spacial score (nSPS) is 12.6. The molecule has 25 heavy (non-hydrogen) atoms. The Morgan fingerprint density at radius 2 is 1.64 bits per heavy atom. The average molecular weight is 360 g/mol. The lowest BCUT2D eigenvalue weighted by atomic mass is 9.99. The van der Waals surface area contributed by atoms with Gasteiger partial charge in [-0.25, -0.2) is 13.1 Å². The summed E-state index contributed by atoms with van der Waals surface area (Å²) in [6, 6.07) is 15.7. The van der Waals surface area contributed by atoms with Gasteiger partial charge in [0.25, 0.3) is 5.91 Å². The Morgan fingerprint density at radius 1 is 1.00 bits per heavy atom. The van der Waals surface area contributed by atoms with Gasteiger partial charge in [0, 0.05) is 18.7 Å². The van der Waals surface area contributed by atoms with Crippen LogP contribution in [0.5, 0.6) is 0 Å². The molecule has 0 saturated carbocycles. The molecule has 0 radical (unpaired) electrons. The van der Waals surface area contributed by atoms with Crippen molar-refractivity contribution in [3.8, 4) is 0 Å². The van der Waals surface area contributed by atoms with Gasteiger partial charge >= 0.3 is 0 Å². The molecule has 2 aromatic carbocycles. The summed E-state index contributed by atoms with van der Waals surface area (Å²) in [6.07, 6.45) is 1.01. The molecule has 2 aromatic rings. The van der Waals surface area contributed by atoms with Crippen molar-refractivity contribution in [1.29, 1.82) is 0 Å². The molecular weight excluding hydrogens is 336 g/mol. The fourth-order valence-electron chi connectivity index (χ4n) is 2.35. The van der Waals surface area contributed by atoms with Gasteiger partial charge in [-0.2, -0.15) is 0 Å². The zero-order valence-corrected chi connectivity index (χ0v) is 15.3. The molecule has 1 unspecified atom stereocenters. The molecule has 0 aliphatic heterocycles. The summed E-state index contributed by atoms with van der Waals surface area (Å²) in [5.41, 5.74) is 1.67. The van der Waals surface area contributed by atoms with Crippen LogP contribution in [0, 0.1) is 0 Å². The van der Waals surface area contributed by atoms with Crippen molar-refractivity contribution in [3.05, 3.63) is 65.7 Å². The van der Waals surface area contributed by atoms with Crippen molar-refractivity contribution < 1.29 is 13.2 Å². The standard InChI is InChI=1S/C19H24N2O3S/c1-3-15(2)16-9-11-18(12-10-16)25(23,24)21-14-13-20-19(22)17-7-5-4-6-8-17/h4-12,15,21H,3,13-14H2,1-2H3,(H,20,22). The SMILES string of the molecule is CCC(C)c1ccc(S(=O)(=O)NCCNC(=O)c2ccccc2)cc1. The van der Waals surface area contributed by atoms with Crippen molar-refractivity contribution in [2.75, 3.05) is 13.1 Å². The summed E-state index contributed by atoms with van der Waals surface area (Å²) < 4.78 is 27.0. The molecular formula is C19H24N2O3S. The van der Waals surface area contributed by atoms with Gasteiger partial charge in [0.1, 0.15) is 0 Å². The van der Waals surface area contributed by atoms with Gasteiger partial charge in [-0.15, -0.1) is 0 Å². The van der Waals surface area contributed by atoms with E-state index in [0.717, 1.165) is 12.0 Å². The first-order valence-corrected chi connectivity index (χ1v) is 9.85. The number of benzene rings is 2. The molecule has 0 saturated heterocycles. The zero-order valence-electron chi connectivity index (χ0n) is 14.5. The fraction of sp³-hybridized carbons (Fsp3) is 0.316. The van der Waals surface area contributed by atoms with Crippen molar-refractivity contribution >= 4 is 15.9 Å². The topological polar surface area (TPSA) is 75.3 Å². The summed E-state index contributed by atoms with van der Waals surface area (Å²) in [6.45, 7) is 4.56. The highest BCUT2D eigenvalue weighted by Gasteiger charge is 2.14. The Morgan fingerprint density at radius 3 is 2.24 bits per heavy atom. The van der Waals surface area contributed by atoms with Crippen LogP contribution in [-0.2, 0) is 10.0 Å². The first-order valence-electron chi connectivity index (χ1n) is 8.37. The first-order chi connectivity index (χ1) is 11.9. The van der Waals surface area contributed by atoms with Crippen LogP contribution in [0.2, 0.25) is 0 Å². The number of hydrogen-bond acceptors (Lipinski definition) is 3. The Bertz CT molecular complexity index is 787. The quantitative estimate of drug-likeness (QED) is 0.711. The number of rotatable bonds is 8. The number of hydrogen-bond donors (Lipinski definition) is 2.